The van der Waals surface area contributed by atoms with Gasteiger partial charge in [-0.1, -0.05) is 46.6 Å². The van der Waals surface area contributed by atoms with Crippen LogP contribution in [0.1, 0.15) is 5.56 Å². The van der Waals surface area contributed by atoms with Gasteiger partial charge in [-0.15, -0.1) is 5.10 Å². The summed E-state index contributed by atoms with van der Waals surface area (Å²) in [6.07, 6.45) is 1.78. The number of carbonyl (C=O) groups is 1. The third-order valence-corrected chi connectivity index (χ3v) is 5.34. The summed E-state index contributed by atoms with van der Waals surface area (Å²) >= 11 is 15.4. The number of nitrogens with one attached hydrogen (secondary N) is 1. The number of rotatable bonds is 5. The van der Waals surface area contributed by atoms with Crippen LogP contribution in [-0.2, 0) is 17.9 Å². The van der Waals surface area contributed by atoms with E-state index in [1.165, 1.54) is 0 Å². The Bertz CT molecular complexity index is 1170. The molecule has 0 radical (unpaired) electrons. The van der Waals surface area contributed by atoms with Crippen LogP contribution in [-0.4, -0.2) is 30.7 Å². The van der Waals surface area contributed by atoms with Crippen molar-refractivity contribution >= 4 is 61.9 Å². The molecule has 2 heterocycles. The summed E-state index contributed by atoms with van der Waals surface area (Å²) in [5.41, 5.74) is 2.47. The SMILES string of the molecule is O=C(Cn1nnc2ccccc21)Nc1nn(Cc2ccc(Cl)c(Cl)c2)cc1Br. The minimum atomic E-state index is -0.254. The van der Waals surface area contributed by atoms with Crippen molar-refractivity contribution in [3.05, 3.63) is 68.7 Å². The van der Waals surface area contributed by atoms with Crippen LogP contribution in [0.5, 0.6) is 0 Å². The van der Waals surface area contributed by atoms with E-state index in [0.29, 0.717) is 26.9 Å². The zero-order valence-electron chi connectivity index (χ0n) is 14.3. The molecule has 0 aliphatic rings. The maximum Gasteiger partial charge on any atom is 0.247 e. The number of amides is 1. The van der Waals surface area contributed by atoms with Crippen LogP contribution < -0.4 is 5.32 Å². The minimum absolute atomic E-state index is 0.0343. The molecule has 0 saturated carbocycles. The van der Waals surface area contributed by atoms with Crippen molar-refractivity contribution in [3.63, 3.8) is 0 Å². The van der Waals surface area contributed by atoms with Gasteiger partial charge in [-0.05, 0) is 45.8 Å². The van der Waals surface area contributed by atoms with Crippen LogP contribution >= 0.6 is 39.1 Å². The monoisotopic (exact) mass is 478 g/mol. The van der Waals surface area contributed by atoms with Crippen LogP contribution in [0.25, 0.3) is 11.0 Å². The number of aromatic nitrogens is 5. The second-order valence-corrected chi connectivity index (χ2v) is 7.72. The van der Waals surface area contributed by atoms with E-state index in [1.807, 2.05) is 30.3 Å². The van der Waals surface area contributed by atoms with Crippen LogP contribution in [0, 0.1) is 0 Å². The van der Waals surface area contributed by atoms with Gasteiger partial charge in [0.25, 0.3) is 0 Å². The first kappa shape index (κ1) is 18.9. The summed E-state index contributed by atoms with van der Waals surface area (Å²) < 4.78 is 3.92. The van der Waals surface area contributed by atoms with Crippen LogP contribution in [0.3, 0.4) is 0 Å². The Labute approximate surface area is 178 Å². The molecule has 0 saturated heterocycles. The molecule has 0 aliphatic heterocycles. The van der Waals surface area contributed by atoms with Crippen molar-refractivity contribution in [2.24, 2.45) is 0 Å². The van der Waals surface area contributed by atoms with Gasteiger partial charge in [-0.2, -0.15) is 5.10 Å². The number of hydrogen-bond acceptors (Lipinski definition) is 4. The lowest BCUT2D eigenvalue weighted by Gasteiger charge is -2.05. The van der Waals surface area contributed by atoms with Gasteiger partial charge in [-0.25, -0.2) is 4.68 Å². The van der Waals surface area contributed by atoms with E-state index in [1.54, 1.807) is 27.7 Å². The average Bonchev–Trinajstić information content (AvgIpc) is 3.22. The van der Waals surface area contributed by atoms with Gasteiger partial charge in [0.2, 0.25) is 5.91 Å². The zero-order valence-corrected chi connectivity index (χ0v) is 17.4. The summed E-state index contributed by atoms with van der Waals surface area (Å²) in [5.74, 6) is 0.172. The van der Waals surface area contributed by atoms with Crippen LogP contribution in [0.4, 0.5) is 5.82 Å². The summed E-state index contributed by atoms with van der Waals surface area (Å²) in [5, 5.41) is 16.2. The Hall–Kier alpha value is -2.42. The predicted octanol–water partition coefficient (Wildman–Crippen LogP) is 4.38. The first-order chi connectivity index (χ1) is 13.5. The van der Waals surface area contributed by atoms with Crippen molar-refractivity contribution in [1.82, 2.24) is 24.8 Å². The fourth-order valence-electron chi connectivity index (χ4n) is 2.73. The van der Waals surface area contributed by atoms with Crippen LogP contribution in [0.15, 0.2) is 53.1 Å². The highest BCUT2D eigenvalue weighted by Gasteiger charge is 2.13. The van der Waals surface area contributed by atoms with Crippen LogP contribution in [0.2, 0.25) is 10.0 Å². The van der Waals surface area contributed by atoms with Gasteiger partial charge in [-0.3, -0.25) is 9.48 Å². The molecule has 10 heteroatoms. The summed E-state index contributed by atoms with van der Waals surface area (Å²) in [6, 6.07) is 12.9. The number of benzene rings is 2. The molecule has 0 unspecified atom stereocenters. The van der Waals surface area contributed by atoms with E-state index in [4.69, 9.17) is 23.2 Å². The van der Waals surface area contributed by atoms with Crippen molar-refractivity contribution in [2.45, 2.75) is 13.1 Å². The zero-order chi connectivity index (χ0) is 19.7. The van der Waals surface area contributed by atoms with Gasteiger partial charge in [0.15, 0.2) is 5.82 Å². The van der Waals surface area contributed by atoms with E-state index in [9.17, 15) is 4.79 Å². The topological polar surface area (TPSA) is 77.6 Å². The molecule has 7 nitrogen and oxygen atoms in total. The lowest BCUT2D eigenvalue weighted by molar-refractivity contribution is -0.116. The molecule has 0 aliphatic carbocycles. The summed E-state index contributed by atoms with van der Waals surface area (Å²) in [6.45, 7) is 0.520. The molecular weight excluding hydrogens is 467 g/mol. The number of para-hydroxylation sites is 1. The Morgan fingerprint density at radius 3 is 2.79 bits per heavy atom. The molecule has 4 aromatic rings. The second kappa shape index (κ2) is 7.90. The summed E-state index contributed by atoms with van der Waals surface area (Å²) in [4.78, 5) is 12.4. The van der Waals surface area contributed by atoms with Crippen molar-refractivity contribution < 1.29 is 4.79 Å². The minimum Gasteiger partial charge on any atom is -0.307 e. The number of fused-ring (bicyclic) bond motifs is 1. The molecule has 0 fully saturated rings. The van der Waals surface area contributed by atoms with Crippen molar-refractivity contribution in [2.75, 3.05) is 5.32 Å². The third-order valence-electron chi connectivity index (χ3n) is 4.02. The van der Waals surface area contributed by atoms with Gasteiger partial charge >= 0.3 is 0 Å². The van der Waals surface area contributed by atoms with E-state index in [-0.39, 0.29) is 12.5 Å². The molecular formula is C18H13BrCl2N6O. The molecule has 142 valence electrons. The predicted molar refractivity (Wildman–Crippen MR) is 112 cm³/mol. The highest BCUT2D eigenvalue weighted by atomic mass is 79.9. The van der Waals surface area contributed by atoms with E-state index >= 15 is 0 Å². The molecule has 1 amide bonds. The Morgan fingerprint density at radius 1 is 1.14 bits per heavy atom. The first-order valence-electron chi connectivity index (χ1n) is 8.24. The van der Waals surface area contributed by atoms with Gasteiger partial charge < -0.3 is 5.32 Å². The number of nitrogens with zero attached hydrogens (tertiary/aromatic N) is 5. The second-order valence-electron chi connectivity index (χ2n) is 6.06. The van der Waals surface area contributed by atoms with Gasteiger partial charge in [0.05, 0.1) is 26.6 Å². The quantitative estimate of drug-likeness (QED) is 0.460. The van der Waals surface area contributed by atoms with Crippen molar-refractivity contribution in [3.8, 4) is 0 Å². The van der Waals surface area contributed by atoms with E-state index in [0.717, 1.165) is 16.6 Å². The lowest BCUT2D eigenvalue weighted by Crippen LogP contribution is -2.20. The Kier molecular flexibility index (Phi) is 5.34. The summed E-state index contributed by atoms with van der Waals surface area (Å²) in [7, 11) is 0. The highest BCUT2D eigenvalue weighted by Crippen LogP contribution is 2.24. The van der Waals surface area contributed by atoms with E-state index < -0.39 is 0 Å². The molecule has 1 N–H and O–H groups in total. The largest absolute Gasteiger partial charge is 0.307 e. The molecule has 0 bridgehead atoms. The Balaban J connectivity index is 1.46. The lowest BCUT2D eigenvalue weighted by atomic mass is 10.2. The fraction of sp³-hybridized carbons (Fsp3) is 0.111. The van der Waals surface area contributed by atoms with E-state index in [2.05, 4.69) is 36.7 Å². The smallest absolute Gasteiger partial charge is 0.247 e. The standard InChI is InChI=1S/C18H13BrCl2N6O/c19-12-9-26(8-11-5-6-13(20)14(21)7-11)24-18(12)22-17(28)10-27-16-4-2-1-3-15(16)23-25-27/h1-7,9H,8,10H2,(H,22,24,28). The number of halogens is 3. The number of anilines is 1. The molecule has 0 atom stereocenters. The molecule has 2 aromatic heterocycles. The number of carbonyl (C=O) groups excluding carboxylic acids is 1. The fourth-order valence-corrected chi connectivity index (χ4v) is 3.47. The first-order valence-corrected chi connectivity index (χ1v) is 9.79. The third kappa shape index (κ3) is 4.04. The van der Waals surface area contributed by atoms with Gasteiger partial charge in [0.1, 0.15) is 12.1 Å². The Morgan fingerprint density at radius 2 is 1.96 bits per heavy atom. The average molecular weight is 480 g/mol. The van der Waals surface area contributed by atoms with Crippen molar-refractivity contribution in [1.29, 1.82) is 0 Å². The molecule has 2 aromatic carbocycles. The molecule has 0 spiro atoms. The maximum atomic E-state index is 12.4. The normalized spacial score (nSPS) is 11.1. The molecule has 28 heavy (non-hydrogen) atoms. The maximum absolute atomic E-state index is 12.4. The number of hydrogen-bond donors (Lipinski definition) is 1. The highest BCUT2D eigenvalue weighted by molar-refractivity contribution is 9.10. The van der Waals surface area contributed by atoms with Gasteiger partial charge in [0, 0.05) is 6.20 Å². The molecule has 4 rings (SSSR count).